The van der Waals surface area contributed by atoms with Crippen LogP contribution in [0.1, 0.15) is 28.7 Å². The Balaban J connectivity index is 1.69. The number of aryl methyl sites for hydroxylation is 3. The van der Waals surface area contributed by atoms with Gasteiger partial charge in [-0.1, -0.05) is 18.2 Å². The first-order valence-electron chi connectivity index (χ1n) is 8.39. The average molecular weight is 310 g/mol. The summed E-state index contributed by atoms with van der Waals surface area (Å²) >= 11 is 0. The Morgan fingerprint density at radius 3 is 2.70 bits per heavy atom. The molecule has 0 fully saturated rings. The van der Waals surface area contributed by atoms with Gasteiger partial charge in [0.2, 0.25) is 0 Å². The van der Waals surface area contributed by atoms with Crippen LogP contribution >= 0.6 is 0 Å². The Morgan fingerprint density at radius 1 is 1.09 bits per heavy atom. The molecule has 3 rings (SSSR count). The molecule has 2 aromatic carbocycles. The van der Waals surface area contributed by atoms with E-state index in [9.17, 15) is 0 Å². The molecule has 0 saturated heterocycles. The molecule has 0 amide bonds. The summed E-state index contributed by atoms with van der Waals surface area (Å²) in [6, 6.07) is 10.5. The molecule has 0 spiro atoms. The van der Waals surface area contributed by atoms with Crippen LogP contribution in [0.25, 0.3) is 0 Å². The van der Waals surface area contributed by atoms with Gasteiger partial charge >= 0.3 is 0 Å². The molecule has 2 N–H and O–H groups in total. The van der Waals surface area contributed by atoms with Crippen molar-refractivity contribution in [2.75, 3.05) is 30.3 Å². The zero-order valence-electron chi connectivity index (χ0n) is 14.4. The quantitative estimate of drug-likeness (QED) is 0.867. The van der Waals surface area contributed by atoms with Gasteiger partial charge in [-0.2, -0.15) is 0 Å². The Morgan fingerprint density at radius 2 is 1.87 bits per heavy atom. The molecule has 0 saturated carbocycles. The largest absolute Gasteiger partial charge is 0.491 e. The van der Waals surface area contributed by atoms with Crippen molar-refractivity contribution in [1.82, 2.24) is 0 Å². The topological polar surface area (TPSA) is 38.5 Å². The summed E-state index contributed by atoms with van der Waals surface area (Å²) in [4.78, 5) is 2.40. The molecule has 23 heavy (non-hydrogen) atoms. The molecular weight excluding hydrogens is 284 g/mol. The Kier molecular flexibility index (Phi) is 4.46. The van der Waals surface area contributed by atoms with Gasteiger partial charge in [-0.3, -0.25) is 0 Å². The van der Waals surface area contributed by atoms with Gasteiger partial charge in [0.1, 0.15) is 12.4 Å². The smallest absolute Gasteiger partial charge is 0.125 e. The summed E-state index contributed by atoms with van der Waals surface area (Å²) in [6.45, 7) is 9.03. The maximum atomic E-state index is 6.12. The monoisotopic (exact) mass is 310 g/mol. The predicted octanol–water partition coefficient (Wildman–Crippen LogP) is 4.03. The average Bonchev–Trinajstić information content (AvgIpc) is 2.54. The highest BCUT2D eigenvalue weighted by Gasteiger charge is 2.17. The van der Waals surface area contributed by atoms with Crippen molar-refractivity contribution in [3.8, 4) is 5.75 Å². The van der Waals surface area contributed by atoms with Gasteiger partial charge in [0, 0.05) is 17.9 Å². The minimum Gasteiger partial charge on any atom is -0.491 e. The second kappa shape index (κ2) is 6.53. The first kappa shape index (κ1) is 15.7. The van der Waals surface area contributed by atoms with Gasteiger partial charge in [-0.25, -0.2) is 0 Å². The summed E-state index contributed by atoms with van der Waals surface area (Å²) < 4.78 is 6.12. The van der Waals surface area contributed by atoms with Crippen molar-refractivity contribution in [3.05, 3.63) is 52.6 Å². The van der Waals surface area contributed by atoms with Crippen LogP contribution in [-0.2, 0) is 6.42 Å². The van der Waals surface area contributed by atoms with Gasteiger partial charge in [-0.05, 0) is 68.0 Å². The number of anilines is 2. The highest BCUT2D eigenvalue weighted by atomic mass is 16.5. The van der Waals surface area contributed by atoms with E-state index >= 15 is 0 Å². The lowest BCUT2D eigenvalue weighted by molar-refractivity contribution is 0.318. The molecule has 0 unspecified atom stereocenters. The van der Waals surface area contributed by atoms with E-state index in [1.807, 2.05) is 6.07 Å². The highest BCUT2D eigenvalue weighted by molar-refractivity contribution is 5.62. The van der Waals surface area contributed by atoms with E-state index in [0.717, 1.165) is 30.9 Å². The lowest BCUT2D eigenvalue weighted by atomic mass is 10.0. The van der Waals surface area contributed by atoms with Crippen molar-refractivity contribution < 1.29 is 4.74 Å². The van der Waals surface area contributed by atoms with Crippen molar-refractivity contribution in [1.29, 1.82) is 0 Å². The lowest BCUT2D eigenvalue weighted by Gasteiger charge is -2.31. The zero-order valence-corrected chi connectivity index (χ0v) is 14.4. The molecule has 1 aliphatic rings. The maximum Gasteiger partial charge on any atom is 0.125 e. The summed E-state index contributed by atoms with van der Waals surface area (Å²) in [5.41, 5.74) is 13.2. The van der Waals surface area contributed by atoms with Crippen molar-refractivity contribution in [2.45, 2.75) is 33.6 Å². The number of rotatable bonds is 4. The summed E-state index contributed by atoms with van der Waals surface area (Å²) in [7, 11) is 0. The van der Waals surface area contributed by atoms with Gasteiger partial charge in [0.25, 0.3) is 0 Å². The van der Waals surface area contributed by atoms with E-state index in [0.29, 0.717) is 6.61 Å². The molecule has 0 atom stereocenters. The number of nitrogens with two attached hydrogens (primary N) is 1. The molecule has 1 aliphatic heterocycles. The molecule has 3 nitrogen and oxygen atoms in total. The fraction of sp³-hybridized carbons (Fsp3) is 0.400. The summed E-state index contributed by atoms with van der Waals surface area (Å²) in [6.07, 6.45) is 2.34. The number of nitrogen functional groups attached to an aromatic ring is 1. The zero-order chi connectivity index (χ0) is 16.4. The third kappa shape index (κ3) is 3.29. The molecule has 0 aromatic heterocycles. The number of hydrogen-bond donors (Lipinski definition) is 1. The molecule has 0 bridgehead atoms. The number of ether oxygens (including phenoxy) is 1. The maximum absolute atomic E-state index is 6.12. The number of fused-ring (bicyclic) bond motifs is 1. The molecule has 0 radical (unpaired) electrons. The Hall–Kier alpha value is -2.16. The lowest BCUT2D eigenvalue weighted by Crippen LogP contribution is -2.33. The van der Waals surface area contributed by atoms with Gasteiger partial charge in [0.05, 0.1) is 6.54 Å². The molecule has 1 heterocycles. The molecular formula is C20H26N2O. The van der Waals surface area contributed by atoms with Crippen LogP contribution in [0.2, 0.25) is 0 Å². The van der Waals surface area contributed by atoms with Crippen LogP contribution in [0.4, 0.5) is 11.4 Å². The first-order valence-corrected chi connectivity index (χ1v) is 8.39. The molecule has 0 aliphatic carbocycles. The fourth-order valence-corrected chi connectivity index (χ4v) is 3.31. The van der Waals surface area contributed by atoms with Crippen molar-refractivity contribution >= 4 is 11.4 Å². The van der Waals surface area contributed by atoms with Crippen LogP contribution < -0.4 is 15.4 Å². The van der Waals surface area contributed by atoms with Crippen molar-refractivity contribution in [2.24, 2.45) is 0 Å². The van der Waals surface area contributed by atoms with E-state index < -0.39 is 0 Å². The van der Waals surface area contributed by atoms with Crippen LogP contribution in [0.15, 0.2) is 30.3 Å². The van der Waals surface area contributed by atoms with Crippen molar-refractivity contribution in [3.63, 3.8) is 0 Å². The predicted molar refractivity (Wildman–Crippen MR) is 97.5 cm³/mol. The van der Waals surface area contributed by atoms with Crippen LogP contribution in [-0.4, -0.2) is 19.7 Å². The second-order valence-electron chi connectivity index (χ2n) is 6.48. The van der Waals surface area contributed by atoms with E-state index in [2.05, 4.69) is 49.9 Å². The normalized spacial score (nSPS) is 13.8. The summed E-state index contributed by atoms with van der Waals surface area (Å²) in [5.74, 6) is 1.04. The Labute approximate surface area is 139 Å². The standard InChI is InChI=1S/C20H26N2O/c1-14-6-7-15(2)20(16(14)3)23-12-11-22-10-4-5-17-8-9-18(21)13-19(17)22/h6-9,13H,4-5,10-12,21H2,1-3H3. The van der Waals surface area contributed by atoms with E-state index in [4.69, 9.17) is 10.5 Å². The van der Waals surface area contributed by atoms with Gasteiger partial charge < -0.3 is 15.4 Å². The highest BCUT2D eigenvalue weighted by Crippen LogP contribution is 2.29. The van der Waals surface area contributed by atoms with Crippen LogP contribution in [0.3, 0.4) is 0 Å². The third-order valence-corrected chi connectivity index (χ3v) is 4.81. The minimum atomic E-state index is 0.694. The first-order chi connectivity index (χ1) is 11.1. The van der Waals surface area contributed by atoms with Crippen LogP contribution in [0.5, 0.6) is 5.75 Å². The van der Waals surface area contributed by atoms with Gasteiger partial charge in [0.15, 0.2) is 0 Å². The van der Waals surface area contributed by atoms with E-state index in [1.165, 1.54) is 34.4 Å². The minimum absolute atomic E-state index is 0.694. The SMILES string of the molecule is Cc1ccc(C)c(OCCN2CCCc3ccc(N)cc32)c1C. The number of hydrogen-bond acceptors (Lipinski definition) is 3. The summed E-state index contributed by atoms with van der Waals surface area (Å²) in [5, 5.41) is 0. The van der Waals surface area contributed by atoms with Gasteiger partial charge in [-0.15, -0.1) is 0 Å². The van der Waals surface area contributed by atoms with Crippen LogP contribution in [0, 0.1) is 20.8 Å². The molecule has 3 heteroatoms. The van der Waals surface area contributed by atoms with E-state index in [1.54, 1.807) is 0 Å². The number of benzene rings is 2. The fourth-order valence-electron chi connectivity index (χ4n) is 3.31. The molecule has 122 valence electrons. The Bertz CT molecular complexity index is 709. The number of nitrogens with zero attached hydrogens (tertiary/aromatic N) is 1. The molecule has 2 aromatic rings. The second-order valence-corrected chi connectivity index (χ2v) is 6.48. The third-order valence-electron chi connectivity index (χ3n) is 4.81. The van der Waals surface area contributed by atoms with E-state index in [-0.39, 0.29) is 0 Å².